The summed E-state index contributed by atoms with van der Waals surface area (Å²) in [6.45, 7) is 0.419. The summed E-state index contributed by atoms with van der Waals surface area (Å²) in [5, 5.41) is 72.5. The number of rotatable bonds is 10. The summed E-state index contributed by atoms with van der Waals surface area (Å²) in [5.74, 6) is -3.38. The normalized spacial score (nSPS) is 30.6. The minimum absolute atomic E-state index is 0.0460. The van der Waals surface area contributed by atoms with Gasteiger partial charge in [-0.15, -0.1) is 0 Å². The lowest BCUT2D eigenvalue weighted by Crippen LogP contribution is -2.78. The van der Waals surface area contributed by atoms with E-state index in [0.717, 1.165) is 11.8 Å². The number of amidine groups is 1. The second-order valence-corrected chi connectivity index (χ2v) is 12.1. The van der Waals surface area contributed by atoms with Crippen molar-refractivity contribution < 1.29 is 64.5 Å². The van der Waals surface area contributed by atoms with Crippen molar-refractivity contribution in [2.45, 2.75) is 42.2 Å². The van der Waals surface area contributed by atoms with Gasteiger partial charge in [-0.2, -0.15) is 0 Å². The number of allylic oxidation sites excluding steroid dienone is 1. The number of ether oxygens (including phenoxy) is 5. The third-order valence-electron chi connectivity index (χ3n) is 9.13. The fraction of sp³-hybridized carbons (Fsp3) is 0.324. The molecule has 1 unspecified atom stereocenters. The molecule has 0 amide bonds. The molecule has 0 spiro atoms. The van der Waals surface area contributed by atoms with Gasteiger partial charge in [0, 0.05) is 24.6 Å². The highest BCUT2D eigenvalue weighted by Gasteiger charge is 2.69. The van der Waals surface area contributed by atoms with E-state index in [1.807, 2.05) is 6.08 Å². The Morgan fingerprint density at radius 3 is 2.60 bits per heavy atom. The molecule has 8 N–H and O–H groups in total. The maximum absolute atomic E-state index is 12.4. The lowest BCUT2D eigenvalue weighted by molar-refractivity contribution is -0.337. The average Bonchev–Trinajstić information content (AvgIpc) is 3.77. The van der Waals surface area contributed by atoms with Gasteiger partial charge in [0.1, 0.15) is 47.0 Å². The van der Waals surface area contributed by atoms with Crippen molar-refractivity contribution in [1.82, 2.24) is 0 Å². The number of hydrogen-bond donors (Lipinski definition) is 7. The molecule has 4 heterocycles. The van der Waals surface area contributed by atoms with Crippen LogP contribution in [0.5, 0.6) is 28.7 Å². The minimum Gasteiger partial charge on any atom is -0.507 e. The maximum atomic E-state index is 12.4. The summed E-state index contributed by atoms with van der Waals surface area (Å²) in [4.78, 5) is 24.6. The fourth-order valence-corrected chi connectivity index (χ4v) is 6.61. The molecule has 0 radical (unpaired) electrons. The zero-order chi connectivity index (χ0) is 35.4. The Labute approximate surface area is 283 Å². The van der Waals surface area contributed by atoms with Crippen molar-refractivity contribution in [1.29, 1.82) is 0 Å². The highest BCUT2D eigenvalue weighted by molar-refractivity contribution is 6.13. The SMILES string of the molecule is COc1c(O[C@@H]2O[C@H](C(=O)O)[C@]3(O)[C@@H](C4=NC=NC4)C=C[C@@]2(O)[C@@H]3O)cc2c(c1O)C(O)=CC(c1ccc(OCCC3=NC(=[NH2+])C=C3)cc1)O2. The molecule has 4 aliphatic heterocycles. The number of carbonyl (C=O) groups is 1. The summed E-state index contributed by atoms with van der Waals surface area (Å²) in [6.07, 6.45) is 2.15. The second-order valence-electron chi connectivity index (χ2n) is 12.1. The predicted molar refractivity (Wildman–Crippen MR) is 175 cm³/mol. The van der Waals surface area contributed by atoms with Gasteiger partial charge < -0.3 is 54.3 Å². The highest BCUT2D eigenvalue weighted by atomic mass is 16.7. The topological polar surface area (TPSA) is 247 Å². The van der Waals surface area contributed by atoms with E-state index in [1.54, 1.807) is 30.3 Å². The van der Waals surface area contributed by atoms with Gasteiger partial charge in [0.2, 0.25) is 12.0 Å². The number of nitrogens with zero attached hydrogens (tertiary/aromatic N) is 3. The van der Waals surface area contributed by atoms with Crippen molar-refractivity contribution in [3.8, 4) is 28.7 Å². The molecule has 1 fully saturated rings. The average molecular weight is 690 g/mol. The van der Waals surface area contributed by atoms with E-state index in [1.165, 1.54) is 31.7 Å². The smallest absolute Gasteiger partial charge is 0.336 e. The number of fused-ring (bicyclic) bond motifs is 3. The van der Waals surface area contributed by atoms with E-state index in [0.29, 0.717) is 30.2 Å². The molecule has 260 valence electrons. The predicted octanol–water partition coefficient (Wildman–Crippen LogP) is 0.0510. The first kappa shape index (κ1) is 33.0. The van der Waals surface area contributed by atoms with Crippen molar-refractivity contribution in [3.63, 3.8) is 0 Å². The lowest BCUT2D eigenvalue weighted by atomic mass is 9.64. The molecule has 2 bridgehead atoms. The number of aromatic hydroxyl groups is 1. The van der Waals surface area contributed by atoms with Crippen molar-refractivity contribution in [2.75, 3.05) is 20.3 Å². The van der Waals surface area contributed by atoms with Crippen LogP contribution in [0.1, 0.15) is 23.7 Å². The van der Waals surface area contributed by atoms with E-state index in [4.69, 9.17) is 29.1 Å². The van der Waals surface area contributed by atoms with E-state index < -0.39 is 53.4 Å². The van der Waals surface area contributed by atoms with Gasteiger partial charge in [0.15, 0.2) is 28.9 Å². The number of carboxylic acid groups (broad SMARTS) is 1. The van der Waals surface area contributed by atoms with Crippen molar-refractivity contribution in [2.24, 2.45) is 20.9 Å². The molecule has 0 aromatic heterocycles. The van der Waals surface area contributed by atoms with Gasteiger partial charge in [0.05, 0.1) is 31.9 Å². The van der Waals surface area contributed by atoms with E-state index in [9.17, 15) is 35.4 Å². The Morgan fingerprint density at radius 1 is 1.16 bits per heavy atom. The molecular formula is C34H33N4O12+. The minimum atomic E-state index is -2.56. The first-order chi connectivity index (χ1) is 23.9. The number of phenolic OH excluding ortho intramolecular Hbond substituents is 1. The van der Waals surface area contributed by atoms with Crippen LogP contribution in [0.3, 0.4) is 0 Å². The van der Waals surface area contributed by atoms with E-state index in [-0.39, 0.29) is 40.8 Å². The van der Waals surface area contributed by atoms with Crippen LogP contribution < -0.4 is 24.4 Å². The molecule has 1 aliphatic carbocycles. The molecular weight excluding hydrogens is 656 g/mol. The number of aliphatic hydroxyl groups excluding tert-OH is 2. The summed E-state index contributed by atoms with van der Waals surface area (Å²) >= 11 is 0. The molecule has 2 aromatic carbocycles. The van der Waals surface area contributed by atoms with Crippen molar-refractivity contribution in [3.05, 3.63) is 71.8 Å². The molecule has 7 rings (SSSR count). The van der Waals surface area contributed by atoms with Crippen molar-refractivity contribution >= 4 is 35.3 Å². The molecule has 2 aromatic rings. The second kappa shape index (κ2) is 12.4. The number of aliphatic hydroxyl groups is 4. The van der Waals surface area contributed by atoms with Crippen LogP contribution in [0, 0.1) is 5.92 Å². The van der Waals surface area contributed by atoms with E-state index in [2.05, 4.69) is 15.0 Å². The van der Waals surface area contributed by atoms with Crippen LogP contribution in [0.4, 0.5) is 0 Å². The Morgan fingerprint density at radius 2 is 1.94 bits per heavy atom. The van der Waals surface area contributed by atoms with Gasteiger partial charge in [0.25, 0.3) is 0 Å². The van der Waals surface area contributed by atoms with Gasteiger partial charge in [-0.25, -0.2) is 9.79 Å². The van der Waals surface area contributed by atoms with Gasteiger partial charge >= 0.3 is 11.8 Å². The number of methoxy groups -OCH3 is 1. The monoisotopic (exact) mass is 689 g/mol. The lowest BCUT2D eigenvalue weighted by Gasteiger charge is -2.55. The molecule has 7 atom stereocenters. The standard InChI is InChI=1S/C34H32N4O12/c1-46-28-24(49-32-33(44)10-8-19(20-14-36-15-37-20)34(45,31(33)43)29(50-32)30(41)42)13-23-26(27(28)40)21(39)12-22(48-23)16-2-5-18(6-3-16)47-11-9-17-4-7-25(35)38-17/h2-8,10,12-13,15,19,22,29,31-32,35,39-40,43-45H,9,11,14H2,1H3,(H,41,42)/p+1/t19-,22?,29-,31+,32-,33-,34-/m1/s1. The number of benzene rings is 2. The van der Waals surface area contributed by atoms with Crippen LogP contribution in [0.2, 0.25) is 0 Å². The number of phenols is 1. The zero-order valence-electron chi connectivity index (χ0n) is 26.4. The summed E-state index contributed by atoms with van der Waals surface area (Å²) in [6, 6.07) is 8.18. The van der Waals surface area contributed by atoms with Crippen LogP contribution >= 0.6 is 0 Å². The number of carboxylic acids is 1. The summed E-state index contributed by atoms with van der Waals surface area (Å²) in [5.41, 5.74) is -3.47. The quantitative estimate of drug-likeness (QED) is 0.164. The molecule has 50 heavy (non-hydrogen) atoms. The molecule has 16 nitrogen and oxygen atoms in total. The Balaban J connectivity index is 1.14. The Hall–Kier alpha value is -5.55. The van der Waals surface area contributed by atoms with Gasteiger partial charge in [-0.05, 0) is 34.8 Å². The van der Waals surface area contributed by atoms with Gasteiger partial charge in [-0.1, -0.05) is 18.2 Å². The number of nitrogens with two attached hydrogens (primary N) is 1. The summed E-state index contributed by atoms with van der Waals surface area (Å²) < 4.78 is 28.9. The van der Waals surface area contributed by atoms with Crippen LogP contribution in [-0.4, -0.2) is 110 Å². The van der Waals surface area contributed by atoms with Crippen LogP contribution in [0.15, 0.2) is 75.7 Å². The largest absolute Gasteiger partial charge is 0.507 e. The number of aliphatic carboxylic acids is 1. The van der Waals surface area contributed by atoms with E-state index >= 15 is 0 Å². The Kier molecular flexibility index (Phi) is 8.18. The Bertz CT molecular complexity index is 1940. The van der Waals surface area contributed by atoms with Crippen LogP contribution in [-0.2, 0) is 9.53 Å². The maximum Gasteiger partial charge on any atom is 0.336 e. The third-order valence-corrected chi connectivity index (χ3v) is 9.13. The first-order valence-corrected chi connectivity index (χ1v) is 15.5. The fourth-order valence-electron chi connectivity index (χ4n) is 6.61. The molecule has 0 saturated carbocycles. The van der Waals surface area contributed by atoms with Crippen LogP contribution in [0.25, 0.3) is 5.76 Å². The molecule has 1 saturated heterocycles. The first-order valence-electron chi connectivity index (χ1n) is 15.5. The zero-order valence-corrected chi connectivity index (χ0v) is 26.4. The molecule has 5 aliphatic rings. The van der Waals surface area contributed by atoms with Gasteiger partial charge in [-0.3, -0.25) is 10.4 Å². The highest BCUT2D eigenvalue weighted by Crippen LogP contribution is 2.52. The summed E-state index contributed by atoms with van der Waals surface area (Å²) in [7, 11) is 1.20. The molecule has 16 heteroatoms. The third kappa shape index (κ3) is 5.38. The number of aliphatic imine (C=N–C) groups is 3. The number of hydrogen-bond acceptors (Lipinski definition) is 13.